The van der Waals surface area contributed by atoms with Gasteiger partial charge in [0.2, 0.25) is 0 Å². The van der Waals surface area contributed by atoms with Crippen LogP contribution in [0.1, 0.15) is 10.4 Å². The lowest BCUT2D eigenvalue weighted by Crippen LogP contribution is -2.33. The van der Waals surface area contributed by atoms with E-state index in [9.17, 15) is 14.9 Å². The minimum Gasteiger partial charge on any atom is -0.394 e. The van der Waals surface area contributed by atoms with Crippen LogP contribution < -0.4 is 5.32 Å². The molecule has 8 heteroatoms. The number of aliphatic hydroxyl groups excluding tert-OH is 2. The highest BCUT2D eigenvalue weighted by Gasteiger charge is 2.16. The molecule has 0 spiro atoms. The second-order valence-electron chi connectivity index (χ2n) is 3.47. The van der Waals surface area contributed by atoms with E-state index in [4.69, 9.17) is 21.8 Å². The number of nitro groups is 1. The normalized spacial score (nSPS) is 11.9. The second kappa shape index (κ2) is 6.29. The van der Waals surface area contributed by atoms with Gasteiger partial charge in [0.15, 0.2) is 0 Å². The van der Waals surface area contributed by atoms with E-state index in [1.54, 1.807) is 0 Å². The molecule has 0 fully saturated rings. The Morgan fingerprint density at radius 2 is 2.22 bits per heavy atom. The van der Waals surface area contributed by atoms with Crippen LogP contribution in [-0.4, -0.2) is 40.3 Å². The summed E-state index contributed by atoms with van der Waals surface area (Å²) in [5.74, 6) is -0.595. The summed E-state index contributed by atoms with van der Waals surface area (Å²) in [5.41, 5.74) is -0.316. The van der Waals surface area contributed by atoms with E-state index in [-0.39, 0.29) is 22.8 Å². The van der Waals surface area contributed by atoms with Gasteiger partial charge >= 0.3 is 0 Å². The predicted molar refractivity (Wildman–Crippen MR) is 63.5 cm³/mol. The Bertz CT molecular complexity index is 466. The highest BCUT2D eigenvalue weighted by Crippen LogP contribution is 2.24. The number of nitrogens with zero attached hydrogens (tertiary/aromatic N) is 1. The van der Waals surface area contributed by atoms with E-state index in [2.05, 4.69) is 5.32 Å². The summed E-state index contributed by atoms with van der Waals surface area (Å²) in [5, 5.41) is 30.5. The summed E-state index contributed by atoms with van der Waals surface area (Å²) in [6, 6.07) is 3.62. The van der Waals surface area contributed by atoms with E-state index in [1.165, 1.54) is 12.1 Å². The zero-order valence-corrected chi connectivity index (χ0v) is 9.92. The van der Waals surface area contributed by atoms with Crippen molar-refractivity contribution in [3.63, 3.8) is 0 Å². The molecule has 1 amide bonds. The highest BCUT2D eigenvalue weighted by molar-refractivity contribution is 6.32. The number of hydrogen-bond donors (Lipinski definition) is 3. The van der Waals surface area contributed by atoms with Gasteiger partial charge in [-0.05, 0) is 12.1 Å². The number of halogens is 1. The van der Waals surface area contributed by atoms with Gasteiger partial charge in [-0.25, -0.2) is 0 Å². The van der Waals surface area contributed by atoms with Gasteiger partial charge < -0.3 is 15.5 Å². The van der Waals surface area contributed by atoms with Crippen LogP contribution in [0, 0.1) is 10.1 Å². The lowest BCUT2D eigenvalue weighted by Gasteiger charge is -2.09. The molecule has 0 bridgehead atoms. The molecule has 1 rings (SSSR count). The molecule has 0 aliphatic carbocycles. The zero-order chi connectivity index (χ0) is 13.7. The van der Waals surface area contributed by atoms with Gasteiger partial charge in [0.05, 0.1) is 17.6 Å². The van der Waals surface area contributed by atoms with Crippen molar-refractivity contribution in [1.82, 2.24) is 5.32 Å². The van der Waals surface area contributed by atoms with Crippen molar-refractivity contribution in [2.75, 3.05) is 13.2 Å². The molecule has 98 valence electrons. The average molecular weight is 275 g/mol. The lowest BCUT2D eigenvalue weighted by atomic mass is 10.2. The number of nitro benzene ring substituents is 1. The first-order chi connectivity index (χ1) is 8.45. The highest BCUT2D eigenvalue weighted by atomic mass is 35.5. The van der Waals surface area contributed by atoms with Gasteiger partial charge in [-0.2, -0.15) is 0 Å². The van der Waals surface area contributed by atoms with Gasteiger partial charge in [-0.15, -0.1) is 0 Å². The summed E-state index contributed by atoms with van der Waals surface area (Å²) in [6.07, 6.45) is -1.07. The van der Waals surface area contributed by atoms with Crippen LogP contribution in [-0.2, 0) is 0 Å². The SMILES string of the molecule is O=C(NCC(O)CO)c1ccc(Cl)c([N+](=O)[O-])c1. The van der Waals surface area contributed by atoms with Crippen LogP contribution >= 0.6 is 11.6 Å². The Labute approximate surface area is 107 Å². The third kappa shape index (κ3) is 3.66. The van der Waals surface area contributed by atoms with Crippen molar-refractivity contribution < 1.29 is 19.9 Å². The minimum absolute atomic E-state index is 0.0521. The first-order valence-corrected chi connectivity index (χ1v) is 5.34. The minimum atomic E-state index is -1.07. The zero-order valence-electron chi connectivity index (χ0n) is 9.17. The standard InChI is InChI=1S/C10H11ClN2O5/c11-8-2-1-6(3-9(8)13(17)18)10(16)12-4-7(15)5-14/h1-3,7,14-15H,4-5H2,(H,12,16). The van der Waals surface area contributed by atoms with Crippen LogP contribution in [0.5, 0.6) is 0 Å². The number of aliphatic hydroxyl groups is 2. The maximum Gasteiger partial charge on any atom is 0.288 e. The molecule has 0 aromatic heterocycles. The summed E-state index contributed by atoms with van der Waals surface area (Å²) >= 11 is 5.60. The summed E-state index contributed by atoms with van der Waals surface area (Å²) in [6.45, 7) is -0.632. The van der Waals surface area contributed by atoms with E-state index in [1.807, 2.05) is 0 Å². The molecule has 0 saturated carbocycles. The molecule has 1 atom stereocenters. The maximum absolute atomic E-state index is 11.6. The van der Waals surface area contributed by atoms with Gasteiger partial charge in [-0.3, -0.25) is 14.9 Å². The first-order valence-electron chi connectivity index (χ1n) is 4.96. The summed E-state index contributed by atoms with van der Waals surface area (Å²) in [4.78, 5) is 21.5. The average Bonchev–Trinajstić information content (AvgIpc) is 2.35. The number of benzene rings is 1. The number of amides is 1. The van der Waals surface area contributed by atoms with Crippen molar-refractivity contribution in [2.45, 2.75) is 6.10 Å². The van der Waals surface area contributed by atoms with E-state index >= 15 is 0 Å². The van der Waals surface area contributed by atoms with Crippen LogP contribution in [0.3, 0.4) is 0 Å². The van der Waals surface area contributed by atoms with E-state index < -0.39 is 23.5 Å². The fourth-order valence-electron chi connectivity index (χ4n) is 1.17. The van der Waals surface area contributed by atoms with Gasteiger partial charge in [0.25, 0.3) is 11.6 Å². The Morgan fingerprint density at radius 3 is 2.78 bits per heavy atom. The van der Waals surface area contributed by atoms with Gasteiger partial charge in [0.1, 0.15) is 5.02 Å². The van der Waals surface area contributed by atoms with Crippen molar-refractivity contribution in [1.29, 1.82) is 0 Å². The molecule has 0 radical (unpaired) electrons. The number of rotatable bonds is 5. The van der Waals surface area contributed by atoms with Crippen molar-refractivity contribution >= 4 is 23.2 Å². The van der Waals surface area contributed by atoms with Crippen LogP contribution in [0.4, 0.5) is 5.69 Å². The number of carbonyl (C=O) groups is 1. The Balaban J connectivity index is 2.80. The predicted octanol–water partition coefficient (Wildman–Crippen LogP) is 0.331. The number of hydrogen-bond acceptors (Lipinski definition) is 5. The molecule has 7 nitrogen and oxygen atoms in total. The van der Waals surface area contributed by atoms with E-state index in [0.717, 1.165) is 6.07 Å². The summed E-state index contributed by atoms with van der Waals surface area (Å²) in [7, 11) is 0. The van der Waals surface area contributed by atoms with Crippen molar-refractivity contribution in [3.8, 4) is 0 Å². The van der Waals surface area contributed by atoms with Crippen LogP contribution in [0.25, 0.3) is 0 Å². The lowest BCUT2D eigenvalue weighted by molar-refractivity contribution is -0.384. The molecule has 0 aliphatic rings. The first kappa shape index (κ1) is 14.4. The maximum atomic E-state index is 11.6. The fourth-order valence-corrected chi connectivity index (χ4v) is 1.36. The molecular weight excluding hydrogens is 264 g/mol. The molecule has 18 heavy (non-hydrogen) atoms. The Kier molecular flexibility index (Phi) is 5.02. The van der Waals surface area contributed by atoms with Crippen molar-refractivity contribution in [2.24, 2.45) is 0 Å². The molecule has 1 unspecified atom stereocenters. The largest absolute Gasteiger partial charge is 0.394 e. The monoisotopic (exact) mass is 274 g/mol. The molecule has 1 aromatic rings. The molecule has 0 saturated heterocycles. The molecular formula is C10H11ClN2O5. The van der Waals surface area contributed by atoms with Crippen molar-refractivity contribution in [3.05, 3.63) is 38.9 Å². The van der Waals surface area contributed by atoms with Gasteiger partial charge in [0, 0.05) is 18.2 Å². The topological polar surface area (TPSA) is 113 Å². The smallest absolute Gasteiger partial charge is 0.288 e. The quantitative estimate of drug-likeness (QED) is 0.529. The van der Waals surface area contributed by atoms with Gasteiger partial charge in [-0.1, -0.05) is 11.6 Å². The number of nitrogens with one attached hydrogen (secondary N) is 1. The fraction of sp³-hybridized carbons (Fsp3) is 0.300. The third-order valence-corrected chi connectivity index (χ3v) is 2.43. The molecule has 3 N–H and O–H groups in total. The number of carbonyl (C=O) groups excluding carboxylic acids is 1. The molecule has 0 heterocycles. The van der Waals surface area contributed by atoms with Crippen LogP contribution in [0.2, 0.25) is 5.02 Å². The van der Waals surface area contributed by atoms with Crippen LogP contribution in [0.15, 0.2) is 18.2 Å². The molecule has 1 aromatic carbocycles. The molecule has 0 aliphatic heterocycles. The summed E-state index contributed by atoms with van der Waals surface area (Å²) < 4.78 is 0. The Hall–Kier alpha value is -1.70. The second-order valence-corrected chi connectivity index (χ2v) is 3.88. The van der Waals surface area contributed by atoms with E-state index in [0.29, 0.717) is 0 Å². The Morgan fingerprint density at radius 1 is 1.56 bits per heavy atom. The third-order valence-electron chi connectivity index (χ3n) is 2.11.